The van der Waals surface area contributed by atoms with Crippen molar-refractivity contribution in [2.75, 3.05) is 50.6 Å². The van der Waals surface area contributed by atoms with Gasteiger partial charge in [0.05, 0.1) is 28.6 Å². The molecule has 0 atom stereocenters. The highest BCUT2D eigenvalue weighted by Gasteiger charge is 2.16. The Hall–Kier alpha value is -4.25. The number of halogens is 1. The number of pyridine rings is 1. The zero-order valence-corrected chi connectivity index (χ0v) is 23.6. The Morgan fingerprint density at radius 2 is 2.00 bits per heavy atom. The second-order valence-corrected chi connectivity index (χ2v) is 10.1. The minimum atomic E-state index is -0.341. The number of rotatable bonds is 11. The van der Waals surface area contributed by atoms with E-state index in [2.05, 4.69) is 49.0 Å². The van der Waals surface area contributed by atoms with Gasteiger partial charge < -0.3 is 20.1 Å². The maximum Gasteiger partial charge on any atom is 0.247 e. The Balaban J connectivity index is 1.33. The molecule has 2 N–H and O–H groups in total. The van der Waals surface area contributed by atoms with Gasteiger partial charge in [-0.05, 0) is 55.9 Å². The highest BCUT2D eigenvalue weighted by atomic mass is 35.5. The molecule has 1 amide bonds. The van der Waals surface area contributed by atoms with Crippen molar-refractivity contribution in [3.05, 3.63) is 84.4 Å². The number of carbonyl (C=O) groups is 1. The predicted molar refractivity (Wildman–Crippen MR) is 161 cm³/mol. The van der Waals surface area contributed by atoms with Gasteiger partial charge in [0.1, 0.15) is 36.9 Å². The van der Waals surface area contributed by atoms with E-state index in [1.54, 1.807) is 24.4 Å². The minimum Gasteiger partial charge on any atom is -0.490 e. The molecule has 0 bridgehead atoms. The maximum absolute atomic E-state index is 12.2. The number of hydrogen-bond donors (Lipinski definition) is 2. The molecule has 212 valence electrons. The van der Waals surface area contributed by atoms with Crippen molar-refractivity contribution in [1.29, 1.82) is 0 Å². The summed E-state index contributed by atoms with van der Waals surface area (Å²) in [5.41, 5.74) is 2.68. The van der Waals surface area contributed by atoms with Crippen LogP contribution in [0.15, 0.2) is 73.7 Å². The average molecular weight is 574 g/mol. The molecule has 1 aliphatic rings. The fourth-order valence-corrected chi connectivity index (χ4v) is 4.80. The second-order valence-electron chi connectivity index (χ2n) is 9.70. The molecule has 3 heterocycles. The molecule has 11 heteroatoms. The molecular weight excluding hydrogens is 542 g/mol. The number of hydrogen-bond acceptors (Lipinski definition) is 9. The number of anilines is 3. The van der Waals surface area contributed by atoms with Gasteiger partial charge in [-0.15, -0.1) is 0 Å². The smallest absolute Gasteiger partial charge is 0.247 e. The molecule has 1 fully saturated rings. The molecule has 41 heavy (non-hydrogen) atoms. The number of benzene rings is 2. The van der Waals surface area contributed by atoms with Crippen LogP contribution in [0.3, 0.4) is 0 Å². The maximum atomic E-state index is 12.2. The number of amides is 1. The van der Waals surface area contributed by atoms with Gasteiger partial charge in [-0.2, -0.15) is 0 Å². The first-order valence-corrected chi connectivity index (χ1v) is 13.7. The van der Waals surface area contributed by atoms with Crippen LogP contribution in [0.2, 0.25) is 5.02 Å². The second kappa shape index (κ2) is 13.4. The highest BCUT2D eigenvalue weighted by Crippen LogP contribution is 2.35. The lowest BCUT2D eigenvalue weighted by molar-refractivity contribution is -0.111. The molecule has 0 aliphatic carbocycles. The zero-order valence-electron chi connectivity index (χ0n) is 22.8. The van der Waals surface area contributed by atoms with Crippen LogP contribution in [0.1, 0.15) is 12.1 Å². The summed E-state index contributed by atoms with van der Waals surface area (Å²) in [7, 11) is 2.12. The number of nitrogens with one attached hydrogen (secondary N) is 2. The molecule has 0 spiro atoms. The third-order valence-electron chi connectivity index (χ3n) is 6.60. The molecule has 10 nitrogen and oxygen atoms in total. The van der Waals surface area contributed by atoms with E-state index < -0.39 is 0 Å². The van der Waals surface area contributed by atoms with E-state index in [-0.39, 0.29) is 5.91 Å². The summed E-state index contributed by atoms with van der Waals surface area (Å²) in [6, 6.07) is 14.7. The van der Waals surface area contributed by atoms with Crippen molar-refractivity contribution >= 4 is 45.6 Å². The Labute approximate surface area is 244 Å². The van der Waals surface area contributed by atoms with Crippen LogP contribution in [0.4, 0.5) is 17.2 Å². The van der Waals surface area contributed by atoms with Gasteiger partial charge >= 0.3 is 0 Å². The van der Waals surface area contributed by atoms with Gasteiger partial charge in [0.2, 0.25) is 5.91 Å². The summed E-state index contributed by atoms with van der Waals surface area (Å²) in [5, 5.41) is 7.30. The fourth-order valence-electron chi connectivity index (χ4n) is 4.57. The number of aromatic nitrogens is 3. The molecule has 0 unspecified atom stereocenters. The normalized spacial score (nSPS) is 14.0. The average Bonchev–Trinajstić information content (AvgIpc) is 2.98. The molecule has 0 saturated carbocycles. The van der Waals surface area contributed by atoms with Crippen LogP contribution in [-0.4, -0.2) is 70.6 Å². The summed E-state index contributed by atoms with van der Waals surface area (Å²) < 4.78 is 12.0. The van der Waals surface area contributed by atoms with E-state index in [0.29, 0.717) is 57.8 Å². The largest absolute Gasteiger partial charge is 0.490 e. The number of carbonyl (C=O) groups excluding carboxylic acids is 1. The summed E-state index contributed by atoms with van der Waals surface area (Å²) in [5.74, 6) is 1.28. The van der Waals surface area contributed by atoms with Crippen LogP contribution in [0.5, 0.6) is 11.5 Å². The van der Waals surface area contributed by atoms with E-state index in [1.165, 1.54) is 12.4 Å². The van der Waals surface area contributed by atoms with Crippen LogP contribution in [0.25, 0.3) is 10.9 Å². The first kappa shape index (κ1) is 28.3. The van der Waals surface area contributed by atoms with Gasteiger partial charge in [-0.1, -0.05) is 24.2 Å². The van der Waals surface area contributed by atoms with E-state index in [0.717, 1.165) is 38.4 Å². The van der Waals surface area contributed by atoms with Crippen molar-refractivity contribution in [2.24, 2.45) is 0 Å². The fraction of sp³-hybridized carbons (Fsp3) is 0.267. The topological polar surface area (TPSA) is 105 Å². The first-order valence-electron chi connectivity index (χ1n) is 13.3. The lowest BCUT2D eigenvalue weighted by atomic mass is 10.1. The lowest BCUT2D eigenvalue weighted by Crippen LogP contribution is -2.44. The van der Waals surface area contributed by atoms with E-state index in [4.69, 9.17) is 21.1 Å². The summed E-state index contributed by atoms with van der Waals surface area (Å²) >= 11 is 6.51. The monoisotopic (exact) mass is 573 g/mol. The van der Waals surface area contributed by atoms with Crippen LogP contribution in [-0.2, 0) is 11.4 Å². The van der Waals surface area contributed by atoms with Crippen LogP contribution < -0.4 is 20.1 Å². The number of ether oxygens (including phenoxy) is 2. The Kier molecular flexibility index (Phi) is 9.25. The van der Waals surface area contributed by atoms with Crippen molar-refractivity contribution < 1.29 is 14.3 Å². The highest BCUT2D eigenvalue weighted by molar-refractivity contribution is 6.32. The molecule has 1 aliphatic heterocycles. The molecule has 4 aromatic rings. The minimum absolute atomic E-state index is 0.308. The summed E-state index contributed by atoms with van der Waals surface area (Å²) in [6.07, 6.45) is 5.55. The Bertz CT molecular complexity index is 1520. The van der Waals surface area contributed by atoms with Crippen molar-refractivity contribution in [2.45, 2.75) is 13.0 Å². The molecule has 1 saturated heterocycles. The van der Waals surface area contributed by atoms with Gasteiger partial charge in [-0.25, -0.2) is 9.97 Å². The van der Waals surface area contributed by atoms with Gasteiger partial charge in [0.15, 0.2) is 0 Å². The Morgan fingerprint density at radius 3 is 2.78 bits per heavy atom. The van der Waals surface area contributed by atoms with Gasteiger partial charge in [0, 0.05) is 43.0 Å². The third kappa shape index (κ3) is 7.49. The van der Waals surface area contributed by atoms with Crippen molar-refractivity contribution in [3.8, 4) is 11.5 Å². The lowest BCUT2D eigenvalue weighted by Gasteiger charge is -2.33. The van der Waals surface area contributed by atoms with Gasteiger partial charge in [0.25, 0.3) is 0 Å². The van der Waals surface area contributed by atoms with E-state index >= 15 is 0 Å². The van der Waals surface area contributed by atoms with Gasteiger partial charge in [-0.3, -0.25) is 19.6 Å². The van der Waals surface area contributed by atoms with Crippen LogP contribution >= 0.6 is 11.6 Å². The molecule has 5 rings (SSSR count). The first-order chi connectivity index (χ1) is 20.0. The van der Waals surface area contributed by atoms with Crippen molar-refractivity contribution in [3.63, 3.8) is 0 Å². The van der Waals surface area contributed by atoms with E-state index in [9.17, 15) is 4.79 Å². The predicted octanol–water partition coefficient (Wildman–Crippen LogP) is 5.10. The third-order valence-corrected chi connectivity index (χ3v) is 6.89. The molecule has 2 aromatic carbocycles. The standard InChI is InChI=1S/C30H32ClN7O3/c1-3-29(39)36-26-16-23-25(17-28(26)40-14-13-38-12-6-11-37(2)20-38)33-19-34-30(23)35-21-8-9-27(24(31)15-21)41-18-22-7-4-5-10-32-22/h3-5,7-10,15-17,19H,1,6,11-14,18,20H2,2H3,(H,36,39)(H,33,34,35). The summed E-state index contributed by atoms with van der Waals surface area (Å²) in [6.45, 7) is 8.17. The molecule has 0 radical (unpaired) electrons. The van der Waals surface area contributed by atoms with Crippen LogP contribution in [0, 0.1) is 0 Å². The van der Waals surface area contributed by atoms with Crippen molar-refractivity contribution in [1.82, 2.24) is 24.8 Å². The SMILES string of the molecule is C=CC(=O)Nc1cc2c(Nc3ccc(OCc4ccccn4)c(Cl)c3)ncnc2cc1OCCN1CCCN(C)C1. The Morgan fingerprint density at radius 1 is 1.10 bits per heavy atom. The summed E-state index contributed by atoms with van der Waals surface area (Å²) in [4.78, 5) is 30.0. The molecular formula is C30H32ClN7O3. The van der Waals surface area contributed by atoms with E-state index in [1.807, 2.05) is 30.3 Å². The number of fused-ring (bicyclic) bond motifs is 1. The molecule has 2 aromatic heterocycles. The zero-order chi connectivity index (χ0) is 28.6. The quantitative estimate of drug-likeness (QED) is 0.237. The number of nitrogens with zero attached hydrogens (tertiary/aromatic N) is 5.